The lowest BCUT2D eigenvalue weighted by molar-refractivity contribution is 0.795. The lowest BCUT2D eigenvalue weighted by atomic mass is 9.87. The van der Waals surface area contributed by atoms with Crippen molar-refractivity contribution in [2.75, 3.05) is 5.32 Å². The summed E-state index contributed by atoms with van der Waals surface area (Å²) in [7, 11) is 0. The minimum absolute atomic E-state index is 0.159. The van der Waals surface area contributed by atoms with Crippen molar-refractivity contribution in [3.63, 3.8) is 0 Å². The van der Waals surface area contributed by atoms with Crippen molar-refractivity contribution in [2.24, 2.45) is 0 Å². The van der Waals surface area contributed by atoms with Gasteiger partial charge in [-0.25, -0.2) is 9.97 Å². The minimum Gasteiger partial charge on any atom is -0.324 e. The summed E-state index contributed by atoms with van der Waals surface area (Å²) >= 11 is 0. The predicted molar refractivity (Wildman–Crippen MR) is 106 cm³/mol. The van der Waals surface area contributed by atoms with Crippen LogP contribution in [-0.2, 0) is 6.42 Å². The summed E-state index contributed by atoms with van der Waals surface area (Å²) in [5.74, 6) is 0.747. The van der Waals surface area contributed by atoms with Crippen LogP contribution in [0.5, 0.6) is 0 Å². The Bertz CT molecular complexity index is 935. The Labute approximate surface area is 158 Å². The van der Waals surface area contributed by atoms with Crippen LogP contribution in [-0.4, -0.2) is 19.9 Å². The highest BCUT2D eigenvalue weighted by atomic mass is 15.1. The highest BCUT2D eigenvalue weighted by Crippen LogP contribution is 2.31. The Morgan fingerprint density at radius 2 is 1.37 bits per heavy atom. The fourth-order valence-corrected chi connectivity index (χ4v) is 3.12. The molecule has 0 atom stereocenters. The number of nitrogens with zero attached hydrogens (tertiary/aromatic N) is 4. The number of para-hydroxylation sites is 1. The lowest BCUT2D eigenvalue weighted by Crippen LogP contribution is -2.08. The summed E-state index contributed by atoms with van der Waals surface area (Å²) in [6.45, 7) is 0. The Morgan fingerprint density at radius 1 is 0.704 bits per heavy atom. The molecule has 5 heteroatoms. The average Bonchev–Trinajstić information content (AvgIpc) is 2.75. The number of anilines is 2. The maximum Gasteiger partial charge on any atom is 0.227 e. The standard InChI is InChI=1S/C22H19N5/c1-2-9-21(27-22-25-12-5-13-26-22)17(6-1)14-20(18-7-3-10-23-15-18)19-8-4-11-24-16-19/h1-13,15-16,20H,14H2,(H,25,26,27). The third-order valence-electron chi connectivity index (χ3n) is 4.43. The molecule has 0 spiro atoms. The number of hydrogen-bond acceptors (Lipinski definition) is 5. The molecule has 4 rings (SSSR count). The number of nitrogens with one attached hydrogen (secondary N) is 1. The molecule has 0 saturated carbocycles. The normalized spacial score (nSPS) is 10.7. The molecule has 3 aromatic heterocycles. The van der Waals surface area contributed by atoms with Crippen LogP contribution >= 0.6 is 0 Å². The SMILES string of the molecule is c1cnc(Nc2ccccc2CC(c2cccnc2)c2cccnc2)nc1. The van der Waals surface area contributed by atoms with Gasteiger partial charge < -0.3 is 5.32 Å². The second-order valence-electron chi connectivity index (χ2n) is 6.18. The number of rotatable bonds is 6. The van der Waals surface area contributed by atoms with Crippen LogP contribution < -0.4 is 5.32 Å². The van der Waals surface area contributed by atoms with E-state index in [2.05, 4.69) is 55.6 Å². The van der Waals surface area contributed by atoms with Crippen LogP contribution in [0.2, 0.25) is 0 Å². The second kappa shape index (κ2) is 8.19. The Hall–Kier alpha value is -3.60. The average molecular weight is 353 g/mol. The largest absolute Gasteiger partial charge is 0.324 e. The molecule has 0 bridgehead atoms. The van der Waals surface area contributed by atoms with Gasteiger partial charge in [-0.05, 0) is 47.4 Å². The van der Waals surface area contributed by atoms with Gasteiger partial charge in [-0.1, -0.05) is 30.3 Å². The van der Waals surface area contributed by atoms with Gasteiger partial charge in [0.15, 0.2) is 0 Å². The van der Waals surface area contributed by atoms with E-state index in [0.717, 1.165) is 23.2 Å². The summed E-state index contributed by atoms with van der Waals surface area (Å²) in [4.78, 5) is 17.2. The first-order valence-electron chi connectivity index (χ1n) is 8.82. The molecule has 0 radical (unpaired) electrons. The van der Waals surface area contributed by atoms with Crippen LogP contribution in [0.15, 0.2) is 91.8 Å². The van der Waals surface area contributed by atoms with Crippen molar-refractivity contribution in [1.29, 1.82) is 0 Å². The number of benzene rings is 1. The van der Waals surface area contributed by atoms with E-state index in [4.69, 9.17) is 0 Å². The van der Waals surface area contributed by atoms with Crippen LogP contribution in [0.4, 0.5) is 11.6 Å². The summed E-state index contributed by atoms with van der Waals surface area (Å²) in [6, 6.07) is 18.2. The van der Waals surface area contributed by atoms with Gasteiger partial charge in [0.2, 0.25) is 5.95 Å². The Kier molecular flexibility index (Phi) is 5.11. The van der Waals surface area contributed by atoms with E-state index in [1.54, 1.807) is 30.9 Å². The van der Waals surface area contributed by atoms with Crippen molar-refractivity contribution in [3.05, 3.63) is 108 Å². The van der Waals surface area contributed by atoms with E-state index >= 15 is 0 Å². The van der Waals surface area contributed by atoms with E-state index < -0.39 is 0 Å². The van der Waals surface area contributed by atoms with Gasteiger partial charge in [0.1, 0.15) is 0 Å². The fourth-order valence-electron chi connectivity index (χ4n) is 3.12. The Balaban J connectivity index is 1.68. The van der Waals surface area contributed by atoms with Gasteiger partial charge in [0.25, 0.3) is 0 Å². The zero-order chi connectivity index (χ0) is 18.3. The van der Waals surface area contributed by atoms with Crippen molar-refractivity contribution < 1.29 is 0 Å². The number of pyridine rings is 2. The first-order valence-corrected chi connectivity index (χ1v) is 8.82. The van der Waals surface area contributed by atoms with Gasteiger partial charge in [-0.3, -0.25) is 9.97 Å². The smallest absolute Gasteiger partial charge is 0.227 e. The molecule has 132 valence electrons. The van der Waals surface area contributed by atoms with Gasteiger partial charge in [0, 0.05) is 48.8 Å². The monoisotopic (exact) mass is 353 g/mol. The van der Waals surface area contributed by atoms with Crippen LogP contribution in [0, 0.1) is 0 Å². The lowest BCUT2D eigenvalue weighted by Gasteiger charge is -2.19. The molecule has 0 unspecified atom stereocenters. The van der Waals surface area contributed by atoms with Crippen molar-refractivity contribution in [2.45, 2.75) is 12.3 Å². The quantitative estimate of drug-likeness (QED) is 0.557. The maximum absolute atomic E-state index is 4.31. The second-order valence-corrected chi connectivity index (χ2v) is 6.18. The number of hydrogen-bond donors (Lipinski definition) is 1. The first kappa shape index (κ1) is 16.8. The topological polar surface area (TPSA) is 63.6 Å². The van der Waals surface area contributed by atoms with Gasteiger partial charge >= 0.3 is 0 Å². The Morgan fingerprint density at radius 3 is 2.00 bits per heavy atom. The first-order chi connectivity index (χ1) is 13.4. The minimum atomic E-state index is 0.159. The maximum atomic E-state index is 4.31. The van der Waals surface area contributed by atoms with Crippen molar-refractivity contribution in [1.82, 2.24) is 19.9 Å². The molecule has 4 aromatic rings. The fraction of sp³-hybridized carbons (Fsp3) is 0.0909. The van der Waals surface area contributed by atoms with E-state index in [0.29, 0.717) is 5.95 Å². The molecular formula is C22H19N5. The van der Waals surface area contributed by atoms with Crippen molar-refractivity contribution in [3.8, 4) is 0 Å². The molecular weight excluding hydrogens is 334 g/mol. The number of aromatic nitrogens is 4. The highest BCUT2D eigenvalue weighted by Gasteiger charge is 2.17. The summed E-state index contributed by atoms with van der Waals surface area (Å²) in [5, 5.41) is 3.33. The van der Waals surface area contributed by atoms with Gasteiger partial charge in [-0.2, -0.15) is 0 Å². The molecule has 5 nitrogen and oxygen atoms in total. The molecule has 1 aromatic carbocycles. The zero-order valence-electron chi connectivity index (χ0n) is 14.7. The molecule has 0 saturated heterocycles. The molecule has 27 heavy (non-hydrogen) atoms. The third kappa shape index (κ3) is 4.15. The third-order valence-corrected chi connectivity index (χ3v) is 4.43. The zero-order valence-corrected chi connectivity index (χ0v) is 14.7. The van der Waals surface area contributed by atoms with Crippen LogP contribution in [0.1, 0.15) is 22.6 Å². The van der Waals surface area contributed by atoms with Crippen LogP contribution in [0.3, 0.4) is 0 Å². The highest BCUT2D eigenvalue weighted by molar-refractivity contribution is 5.59. The van der Waals surface area contributed by atoms with E-state index in [-0.39, 0.29) is 5.92 Å². The van der Waals surface area contributed by atoms with Gasteiger partial charge in [0.05, 0.1) is 0 Å². The molecule has 3 heterocycles. The van der Waals surface area contributed by atoms with E-state index in [1.807, 2.05) is 30.6 Å². The molecule has 0 aliphatic carbocycles. The predicted octanol–water partition coefficient (Wildman–Crippen LogP) is 4.38. The van der Waals surface area contributed by atoms with E-state index in [9.17, 15) is 0 Å². The molecule has 0 aliphatic heterocycles. The molecule has 0 amide bonds. The molecule has 1 N–H and O–H groups in total. The molecule has 0 fully saturated rings. The molecule has 0 aliphatic rings. The van der Waals surface area contributed by atoms with Crippen LogP contribution in [0.25, 0.3) is 0 Å². The summed E-state index contributed by atoms with van der Waals surface area (Å²) in [6.07, 6.45) is 11.7. The van der Waals surface area contributed by atoms with E-state index in [1.165, 1.54) is 5.56 Å². The van der Waals surface area contributed by atoms with Gasteiger partial charge in [-0.15, -0.1) is 0 Å². The van der Waals surface area contributed by atoms with Crippen molar-refractivity contribution >= 4 is 11.6 Å². The summed E-state index contributed by atoms with van der Waals surface area (Å²) < 4.78 is 0. The summed E-state index contributed by atoms with van der Waals surface area (Å²) in [5.41, 5.74) is 4.51.